The molecule has 0 bridgehead atoms. The highest BCUT2D eigenvalue weighted by Crippen LogP contribution is 2.24. The number of sulfonamides is 1. The Kier molecular flexibility index (Phi) is 6.25. The average molecular weight is 429 g/mol. The summed E-state index contributed by atoms with van der Waals surface area (Å²) in [4.78, 5) is 12.5. The van der Waals surface area contributed by atoms with E-state index in [1.54, 1.807) is 48.5 Å². The molecule has 150 valence electrons. The maximum Gasteiger partial charge on any atom is 0.255 e. The fourth-order valence-electron chi connectivity index (χ4n) is 2.87. The molecule has 0 saturated heterocycles. The predicted octanol–water partition coefficient (Wildman–Crippen LogP) is 4.87. The molecular weight excluding hydrogens is 408 g/mol. The van der Waals surface area contributed by atoms with Crippen molar-refractivity contribution in [3.63, 3.8) is 0 Å². The number of amides is 1. The SMILES string of the molecule is Cc1ccccc1NC(=O)c1ccc(CN(c2cccc(Cl)c2)S(C)(=O)=O)cc1. The van der Waals surface area contributed by atoms with E-state index >= 15 is 0 Å². The molecular formula is C22H21ClN2O3S. The molecule has 1 N–H and O–H groups in total. The van der Waals surface area contributed by atoms with Crippen LogP contribution in [-0.4, -0.2) is 20.6 Å². The number of nitrogens with one attached hydrogen (secondary N) is 1. The molecule has 0 atom stereocenters. The van der Waals surface area contributed by atoms with Crippen molar-refractivity contribution in [2.24, 2.45) is 0 Å². The first kappa shape index (κ1) is 20.9. The van der Waals surface area contributed by atoms with Gasteiger partial charge in [0.05, 0.1) is 18.5 Å². The highest BCUT2D eigenvalue weighted by molar-refractivity contribution is 7.92. The Hall–Kier alpha value is -2.83. The number of aryl methyl sites for hydroxylation is 1. The number of hydrogen-bond donors (Lipinski definition) is 1. The second kappa shape index (κ2) is 8.68. The van der Waals surface area contributed by atoms with Gasteiger partial charge in [-0.05, 0) is 54.4 Å². The molecule has 3 aromatic rings. The highest BCUT2D eigenvalue weighted by atomic mass is 35.5. The van der Waals surface area contributed by atoms with E-state index in [4.69, 9.17) is 11.6 Å². The van der Waals surface area contributed by atoms with Gasteiger partial charge in [0, 0.05) is 16.3 Å². The van der Waals surface area contributed by atoms with Crippen molar-refractivity contribution >= 4 is 38.9 Å². The summed E-state index contributed by atoms with van der Waals surface area (Å²) < 4.78 is 25.8. The van der Waals surface area contributed by atoms with E-state index in [2.05, 4.69) is 5.32 Å². The number of carbonyl (C=O) groups is 1. The van der Waals surface area contributed by atoms with E-state index in [0.717, 1.165) is 23.1 Å². The van der Waals surface area contributed by atoms with Crippen LogP contribution < -0.4 is 9.62 Å². The topological polar surface area (TPSA) is 66.5 Å². The first-order valence-corrected chi connectivity index (χ1v) is 11.2. The normalized spacial score (nSPS) is 11.1. The van der Waals surface area contributed by atoms with E-state index in [0.29, 0.717) is 16.3 Å². The van der Waals surface area contributed by atoms with E-state index in [1.165, 1.54) is 4.31 Å². The second-order valence-corrected chi connectivity index (χ2v) is 9.06. The molecule has 0 heterocycles. The Labute approximate surface area is 176 Å². The summed E-state index contributed by atoms with van der Waals surface area (Å²) in [6, 6.07) is 21.1. The van der Waals surface area contributed by atoms with Gasteiger partial charge in [-0.3, -0.25) is 9.10 Å². The molecule has 0 fully saturated rings. The highest BCUT2D eigenvalue weighted by Gasteiger charge is 2.18. The van der Waals surface area contributed by atoms with Crippen LogP contribution in [0.15, 0.2) is 72.8 Å². The minimum atomic E-state index is -3.51. The van der Waals surface area contributed by atoms with Gasteiger partial charge in [-0.1, -0.05) is 48.0 Å². The number of nitrogens with zero attached hydrogens (tertiary/aromatic N) is 1. The van der Waals surface area contributed by atoms with Gasteiger partial charge in [0.15, 0.2) is 0 Å². The third kappa shape index (κ3) is 5.37. The van der Waals surface area contributed by atoms with E-state index < -0.39 is 10.0 Å². The molecule has 0 saturated carbocycles. The average Bonchev–Trinajstić information content (AvgIpc) is 2.67. The lowest BCUT2D eigenvalue weighted by molar-refractivity contribution is 0.102. The van der Waals surface area contributed by atoms with Crippen molar-refractivity contribution in [2.75, 3.05) is 15.9 Å². The number of anilines is 2. The van der Waals surface area contributed by atoms with Crippen LogP contribution in [0.25, 0.3) is 0 Å². The standard InChI is InChI=1S/C22H21ClN2O3S/c1-16-6-3-4-9-21(16)24-22(26)18-12-10-17(11-13-18)15-25(29(2,27)28)20-8-5-7-19(23)14-20/h3-14H,15H2,1-2H3,(H,24,26). The van der Waals surface area contributed by atoms with Crippen LogP contribution in [0.4, 0.5) is 11.4 Å². The molecule has 0 aliphatic rings. The molecule has 0 spiro atoms. The summed E-state index contributed by atoms with van der Waals surface area (Å²) in [5.74, 6) is -0.222. The van der Waals surface area contributed by atoms with E-state index in [9.17, 15) is 13.2 Å². The maximum atomic E-state index is 12.5. The molecule has 3 aromatic carbocycles. The summed E-state index contributed by atoms with van der Waals surface area (Å²) in [6.45, 7) is 2.06. The third-order valence-electron chi connectivity index (χ3n) is 4.43. The molecule has 0 unspecified atom stereocenters. The van der Waals surface area contributed by atoms with Crippen molar-refractivity contribution in [1.29, 1.82) is 0 Å². The summed E-state index contributed by atoms with van der Waals surface area (Å²) in [5, 5.41) is 3.34. The fourth-order valence-corrected chi connectivity index (χ4v) is 3.93. The van der Waals surface area contributed by atoms with E-state index in [1.807, 2.05) is 31.2 Å². The molecule has 3 rings (SSSR count). The Morgan fingerprint density at radius 2 is 1.69 bits per heavy atom. The van der Waals surface area contributed by atoms with Crippen LogP contribution in [-0.2, 0) is 16.6 Å². The van der Waals surface area contributed by atoms with Gasteiger partial charge >= 0.3 is 0 Å². The number of para-hydroxylation sites is 1. The maximum absolute atomic E-state index is 12.5. The van der Waals surface area contributed by atoms with Gasteiger partial charge in [0.1, 0.15) is 0 Å². The summed E-state index contributed by atoms with van der Waals surface area (Å²) in [5.41, 5.74) is 3.46. The van der Waals surface area contributed by atoms with Crippen LogP contribution in [0.1, 0.15) is 21.5 Å². The minimum absolute atomic E-state index is 0.138. The van der Waals surface area contributed by atoms with Gasteiger partial charge in [0.25, 0.3) is 5.91 Å². The lowest BCUT2D eigenvalue weighted by Crippen LogP contribution is -2.29. The second-order valence-electron chi connectivity index (χ2n) is 6.72. The Morgan fingerprint density at radius 3 is 2.31 bits per heavy atom. The van der Waals surface area contributed by atoms with Crippen molar-refractivity contribution in [3.8, 4) is 0 Å². The van der Waals surface area contributed by atoms with Crippen LogP contribution in [0.5, 0.6) is 0 Å². The molecule has 0 aliphatic carbocycles. The smallest absolute Gasteiger partial charge is 0.255 e. The molecule has 1 amide bonds. The minimum Gasteiger partial charge on any atom is -0.322 e. The zero-order valence-corrected chi connectivity index (χ0v) is 17.7. The fraction of sp³-hybridized carbons (Fsp3) is 0.136. The molecule has 0 aliphatic heterocycles. The summed E-state index contributed by atoms with van der Waals surface area (Å²) >= 11 is 6.01. The number of rotatable bonds is 6. The first-order valence-electron chi connectivity index (χ1n) is 8.93. The molecule has 0 aromatic heterocycles. The summed E-state index contributed by atoms with van der Waals surface area (Å²) in [6.07, 6.45) is 1.15. The number of benzene rings is 3. The van der Waals surface area contributed by atoms with Gasteiger partial charge in [-0.2, -0.15) is 0 Å². The van der Waals surface area contributed by atoms with Crippen LogP contribution in [0.3, 0.4) is 0 Å². The zero-order valence-electron chi connectivity index (χ0n) is 16.1. The van der Waals surface area contributed by atoms with Gasteiger partial charge in [0.2, 0.25) is 10.0 Å². The van der Waals surface area contributed by atoms with Crippen LogP contribution >= 0.6 is 11.6 Å². The monoisotopic (exact) mass is 428 g/mol. The Morgan fingerprint density at radius 1 is 1.00 bits per heavy atom. The molecule has 5 nitrogen and oxygen atoms in total. The van der Waals surface area contributed by atoms with Gasteiger partial charge in [-0.15, -0.1) is 0 Å². The molecule has 0 radical (unpaired) electrons. The lowest BCUT2D eigenvalue weighted by atomic mass is 10.1. The molecule has 7 heteroatoms. The van der Waals surface area contributed by atoms with E-state index in [-0.39, 0.29) is 12.5 Å². The molecule has 29 heavy (non-hydrogen) atoms. The first-order chi connectivity index (χ1) is 13.7. The predicted molar refractivity (Wildman–Crippen MR) is 118 cm³/mol. The van der Waals surface area contributed by atoms with Crippen molar-refractivity contribution in [3.05, 3.63) is 94.5 Å². The quantitative estimate of drug-likeness (QED) is 0.609. The number of hydrogen-bond acceptors (Lipinski definition) is 3. The van der Waals surface area contributed by atoms with Crippen LogP contribution in [0, 0.1) is 6.92 Å². The lowest BCUT2D eigenvalue weighted by Gasteiger charge is -2.22. The van der Waals surface area contributed by atoms with Crippen molar-refractivity contribution in [1.82, 2.24) is 0 Å². The summed E-state index contributed by atoms with van der Waals surface area (Å²) in [7, 11) is -3.51. The largest absolute Gasteiger partial charge is 0.322 e. The number of halogens is 1. The number of carbonyl (C=O) groups excluding carboxylic acids is 1. The van der Waals surface area contributed by atoms with Crippen molar-refractivity contribution < 1.29 is 13.2 Å². The third-order valence-corrected chi connectivity index (χ3v) is 5.81. The zero-order chi connectivity index (χ0) is 21.0. The Bertz CT molecular complexity index is 1130. The Balaban J connectivity index is 1.78. The van der Waals surface area contributed by atoms with Gasteiger partial charge in [-0.25, -0.2) is 8.42 Å². The van der Waals surface area contributed by atoms with Crippen LogP contribution in [0.2, 0.25) is 5.02 Å². The van der Waals surface area contributed by atoms with Crippen molar-refractivity contribution in [2.45, 2.75) is 13.5 Å². The van der Waals surface area contributed by atoms with Gasteiger partial charge < -0.3 is 5.32 Å².